The number of ether oxygens (including phenoxy) is 1. The molecule has 1 saturated heterocycles. The van der Waals surface area contributed by atoms with Gasteiger partial charge in [-0.2, -0.15) is 5.26 Å². The summed E-state index contributed by atoms with van der Waals surface area (Å²) in [5, 5.41) is 21.0. The summed E-state index contributed by atoms with van der Waals surface area (Å²) < 4.78 is 5.44. The molecule has 0 unspecified atom stereocenters. The lowest BCUT2D eigenvalue weighted by atomic mass is 9.82. The Bertz CT molecular complexity index is 1050. The third-order valence-electron chi connectivity index (χ3n) is 7.82. The standard InChI is InChI=1S/C29H42ClN7O/c30-25-19-34-28(36-23-10-8-22(9-11-23)33-15-4-2-1-3-14-31)18-24(25)26-6-5-7-27(37-26)35-21-29(20-32)12-16-38-17-13-29/h5-7,18-19,22-23,33H,1-4,8-17,21,31H2,(H,34,36)(H,35,37). The molecule has 1 aliphatic heterocycles. The maximum atomic E-state index is 9.74. The normalized spacial score (nSPS) is 21.0. The van der Waals surface area contributed by atoms with Gasteiger partial charge in [0.05, 0.1) is 22.2 Å². The Morgan fingerprint density at radius 1 is 1.05 bits per heavy atom. The first kappa shape index (κ1) is 28.6. The summed E-state index contributed by atoms with van der Waals surface area (Å²) in [4.78, 5) is 9.34. The van der Waals surface area contributed by atoms with Crippen molar-refractivity contribution in [1.82, 2.24) is 15.3 Å². The molecule has 0 aromatic carbocycles. The minimum Gasteiger partial charge on any atom is -0.381 e. The number of hydrogen-bond donors (Lipinski definition) is 4. The van der Waals surface area contributed by atoms with Crippen molar-refractivity contribution in [2.24, 2.45) is 11.1 Å². The fourth-order valence-corrected chi connectivity index (χ4v) is 5.53. The largest absolute Gasteiger partial charge is 0.381 e. The number of nitrogens with two attached hydrogens (primary N) is 1. The van der Waals surface area contributed by atoms with E-state index in [-0.39, 0.29) is 0 Å². The number of anilines is 2. The summed E-state index contributed by atoms with van der Waals surface area (Å²) in [6.07, 6.45) is 12.6. The van der Waals surface area contributed by atoms with Crippen molar-refractivity contribution in [3.63, 3.8) is 0 Å². The molecule has 0 amide bonds. The lowest BCUT2D eigenvalue weighted by molar-refractivity contribution is 0.0455. The van der Waals surface area contributed by atoms with Gasteiger partial charge in [0, 0.05) is 43.6 Å². The Hall–Kier alpha value is -2.44. The first-order chi connectivity index (χ1) is 18.6. The monoisotopic (exact) mass is 539 g/mol. The summed E-state index contributed by atoms with van der Waals surface area (Å²) in [5.41, 5.74) is 6.78. The van der Waals surface area contributed by atoms with Crippen LogP contribution in [0.2, 0.25) is 5.02 Å². The van der Waals surface area contributed by atoms with E-state index in [2.05, 4.69) is 27.0 Å². The Kier molecular flexibility index (Phi) is 11.0. The van der Waals surface area contributed by atoms with E-state index in [1.165, 1.54) is 32.1 Å². The Morgan fingerprint density at radius 2 is 1.82 bits per heavy atom. The molecular weight excluding hydrogens is 498 g/mol. The van der Waals surface area contributed by atoms with Crippen LogP contribution in [0.15, 0.2) is 30.5 Å². The van der Waals surface area contributed by atoms with Crippen molar-refractivity contribution in [2.75, 3.05) is 43.5 Å². The first-order valence-corrected chi connectivity index (χ1v) is 14.5. The van der Waals surface area contributed by atoms with Crippen molar-refractivity contribution < 1.29 is 4.74 Å². The third-order valence-corrected chi connectivity index (χ3v) is 8.12. The molecule has 38 heavy (non-hydrogen) atoms. The molecule has 2 aliphatic rings. The number of nitrogens with one attached hydrogen (secondary N) is 3. The molecule has 0 bridgehead atoms. The van der Waals surface area contributed by atoms with Crippen LogP contribution in [0.4, 0.5) is 11.6 Å². The Balaban J connectivity index is 1.29. The van der Waals surface area contributed by atoms with E-state index in [1.54, 1.807) is 6.20 Å². The van der Waals surface area contributed by atoms with Gasteiger partial charge in [0.25, 0.3) is 0 Å². The maximum absolute atomic E-state index is 9.74. The third kappa shape index (κ3) is 8.28. The molecular formula is C29H42ClN7O. The second kappa shape index (κ2) is 14.6. The molecule has 3 heterocycles. The highest BCUT2D eigenvalue weighted by Gasteiger charge is 2.32. The molecule has 2 aromatic heterocycles. The first-order valence-electron chi connectivity index (χ1n) is 14.2. The average molecular weight is 540 g/mol. The predicted molar refractivity (Wildman–Crippen MR) is 154 cm³/mol. The fourth-order valence-electron chi connectivity index (χ4n) is 5.33. The van der Waals surface area contributed by atoms with Crippen LogP contribution < -0.4 is 21.7 Å². The second-order valence-electron chi connectivity index (χ2n) is 10.7. The van der Waals surface area contributed by atoms with E-state index in [9.17, 15) is 5.26 Å². The molecule has 0 spiro atoms. The number of rotatable bonds is 13. The van der Waals surface area contributed by atoms with Crippen molar-refractivity contribution >= 4 is 23.2 Å². The number of hydrogen-bond acceptors (Lipinski definition) is 8. The van der Waals surface area contributed by atoms with Gasteiger partial charge in [-0.15, -0.1) is 0 Å². The van der Waals surface area contributed by atoms with Crippen LogP contribution in [0, 0.1) is 16.7 Å². The molecule has 5 N–H and O–H groups in total. The fraction of sp³-hybridized carbons (Fsp3) is 0.621. The van der Waals surface area contributed by atoms with Gasteiger partial charge in [0.1, 0.15) is 11.6 Å². The molecule has 9 heteroatoms. The minimum absolute atomic E-state index is 0.404. The number of aromatic nitrogens is 2. The van der Waals surface area contributed by atoms with Crippen molar-refractivity contribution in [3.8, 4) is 17.3 Å². The van der Waals surface area contributed by atoms with Gasteiger partial charge < -0.3 is 26.4 Å². The Morgan fingerprint density at radius 3 is 2.58 bits per heavy atom. The van der Waals surface area contributed by atoms with Gasteiger partial charge in [-0.1, -0.05) is 30.5 Å². The highest BCUT2D eigenvalue weighted by atomic mass is 35.5. The second-order valence-corrected chi connectivity index (χ2v) is 11.1. The van der Waals surface area contributed by atoms with E-state index in [0.29, 0.717) is 36.9 Å². The molecule has 0 radical (unpaired) electrons. The lowest BCUT2D eigenvalue weighted by Gasteiger charge is -2.30. The predicted octanol–water partition coefficient (Wildman–Crippen LogP) is 5.36. The van der Waals surface area contributed by atoms with Gasteiger partial charge in [-0.3, -0.25) is 0 Å². The zero-order chi connectivity index (χ0) is 26.6. The molecule has 0 atom stereocenters. The van der Waals surface area contributed by atoms with Crippen LogP contribution >= 0.6 is 11.6 Å². The SMILES string of the molecule is N#CC1(CNc2cccc(-c3cc(NC4CCC(NCCCCCCN)CC4)ncc3Cl)n2)CCOCC1. The van der Waals surface area contributed by atoms with Crippen LogP contribution in [0.1, 0.15) is 64.2 Å². The van der Waals surface area contributed by atoms with E-state index in [0.717, 1.165) is 68.1 Å². The van der Waals surface area contributed by atoms with E-state index in [1.807, 2.05) is 24.3 Å². The highest BCUT2D eigenvalue weighted by Crippen LogP contribution is 2.32. The zero-order valence-electron chi connectivity index (χ0n) is 22.4. The topological polar surface area (TPSA) is 121 Å². The average Bonchev–Trinajstić information content (AvgIpc) is 2.96. The van der Waals surface area contributed by atoms with Crippen molar-refractivity contribution in [2.45, 2.75) is 76.3 Å². The lowest BCUT2D eigenvalue weighted by Crippen LogP contribution is -2.37. The van der Waals surface area contributed by atoms with E-state index in [4.69, 9.17) is 27.1 Å². The van der Waals surface area contributed by atoms with Gasteiger partial charge in [0.2, 0.25) is 0 Å². The van der Waals surface area contributed by atoms with Crippen LogP contribution in [0.25, 0.3) is 11.3 Å². The zero-order valence-corrected chi connectivity index (χ0v) is 23.1. The van der Waals surface area contributed by atoms with Gasteiger partial charge >= 0.3 is 0 Å². The van der Waals surface area contributed by atoms with Crippen LogP contribution in [-0.4, -0.2) is 54.9 Å². The molecule has 1 aliphatic carbocycles. The van der Waals surface area contributed by atoms with Crippen LogP contribution in [0.5, 0.6) is 0 Å². The highest BCUT2D eigenvalue weighted by molar-refractivity contribution is 6.33. The van der Waals surface area contributed by atoms with Gasteiger partial charge in [-0.25, -0.2) is 9.97 Å². The van der Waals surface area contributed by atoms with Crippen molar-refractivity contribution in [3.05, 3.63) is 35.5 Å². The summed E-state index contributed by atoms with van der Waals surface area (Å²) in [6.45, 7) is 3.70. The molecule has 206 valence electrons. The van der Waals surface area contributed by atoms with E-state index < -0.39 is 5.41 Å². The summed E-state index contributed by atoms with van der Waals surface area (Å²) in [7, 11) is 0. The maximum Gasteiger partial charge on any atom is 0.126 e. The Labute approximate surface area is 232 Å². The number of pyridine rings is 2. The van der Waals surface area contributed by atoms with Crippen molar-refractivity contribution in [1.29, 1.82) is 5.26 Å². The molecule has 2 aromatic rings. The number of unbranched alkanes of at least 4 members (excludes halogenated alkanes) is 3. The number of nitrogens with zero attached hydrogens (tertiary/aromatic N) is 3. The van der Waals surface area contributed by atoms with Gasteiger partial charge in [-0.05, 0) is 82.7 Å². The summed E-state index contributed by atoms with van der Waals surface area (Å²) in [6, 6.07) is 11.3. The smallest absolute Gasteiger partial charge is 0.126 e. The number of halogens is 1. The molecule has 8 nitrogen and oxygen atoms in total. The molecule has 4 rings (SSSR count). The molecule has 1 saturated carbocycles. The molecule has 2 fully saturated rings. The quantitative estimate of drug-likeness (QED) is 0.251. The van der Waals surface area contributed by atoms with Crippen LogP contribution in [-0.2, 0) is 4.74 Å². The summed E-state index contributed by atoms with van der Waals surface area (Å²) in [5.74, 6) is 1.56. The number of nitriles is 1. The minimum atomic E-state index is -0.416. The van der Waals surface area contributed by atoms with Gasteiger partial charge in [0.15, 0.2) is 0 Å². The van der Waals surface area contributed by atoms with Crippen LogP contribution in [0.3, 0.4) is 0 Å². The summed E-state index contributed by atoms with van der Waals surface area (Å²) >= 11 is 6.55. The van der Waals surface area contributed by atoms with E-state index >= 15 is 0 Å².